The molecule has 1 rings (SSSR count). The number of aliphatic carboxylic acids is 1. The van der Waals surface area contributed by atoms with Crippen LogP contribution in [0.1, 0.15) is 5.76 Å². The molecule has 0 saturated carbocycles. The van der Waals surface area contributed by atoms with Gasteiger partial charge in [-0.15, -0.1) is 0 Å². The fourth-order valence-electron chi connectivity index (χ4n) is 0.871. The molecule has 0 aliphatic carbocycles. The van der Waals surface area contributed by atoms with Crippen LogP contribution in [0.3, 0.4) is 0 Å². The average molecular weight is 248 g/mol. The van der Waals surface area contributed by atoms with Gasteiger partial charge in [0.1, 0.15) is 5.76 Å². The summed E-state index contributed by atoms with van der Waals surface area (Å²) >= 11 is 0. The first kappa shape index (κ1) is 18.5. The summed E-state index contributed by atoms with van der Waals surface area (Å²) in [4.78, 5) is 29.6. The molecule has 72 valence electrons. The minimum absolute atomic E-state index is 0. The summed E-state index contributed by atoms with van der Waals surface area (Å²) < 4.78 is 4.83. The van der Waals surface area contributed by atoms with Crippen LogP contribution >= 0.6 is 8.38 Å². The zero-order valence-electron chi connectivity index (χ0n) is 8.54. The average Bonchev–Trinajstić information content (AvgIpc) is 2.50. The number of furan rings is 1. The van der Waals surface area contributed by atoms with Gasteiger partial charge in [0.2, 0.25) is 0 Å². The van der Waals surface area contributed by atoms with Crippen molar-refractivity contribution in [1.82, 2.24) is 0 Å². The van der Waals surface area contributed by atoms with E-state index >= 15 is 0 Å². The van der Waals surface area contributed by atoms with Gasteiger partial charge >= 0.3 is 59.1 Å². The Balaban J connectivity index is 0. The molecule has 1 heterocycles. The van der Waals surface area contributed by atoms with Crippen molar-refractivity contribution in [2.75, 3.05) is 0 Å². The molecule has 0 aliphatic heterocycles. The summed E-state index contributed by atoms with van der Waals surface area (Å²) in [5.74, 6) is -1.19. The Kier molecular flexibility index (Phi) is 11.3. The number of rotatable bonds is 4. The van der Waals surface area contributed by atoms with E-state index in [1.54, 1.807) is 6.07 Å². The fraction of sp³-hybridized carbons (Fsp3) is 0.286. The first-order valence-electron chi connectivity index (χ1n) is 3.49. The van der Waals surface area contributed by atoms with Crippen LogP contribution in [-0.2, 0) is 11.2 Å². The molecule has 0 amide bonds. The van der Waals surface area contributed by atoms with E-state index in [4.69, 9.17) is 9.31 Å². The first-order chi connectivity index (χ1) is 6.11. The summed E-state index contributed by atoms with van der Waals surface area (Å²) in [5, 5.41) is 10.4. The molecule has 0 radical (unpaired) electrons. The summed E-state index contributed by atoms with van der Waals surface area (Å²) in [6.07, 6.45) is 1.24. The van der Waals surface area contributed by atoms with E-state index in [-0.39, 0.29) is 65.5 Å². The Morgan fingerprint density at radius 3 is 2.53 bits per heavy atom. The Morgan fingerprint density at radius 2 is 2.20 bits per heavy atom. The van der Waals surface area contributed by atoms with E-state index in [1.165, 1.54) is 12.3 Å². The second kappa shape index (κ2) is 9.16. The summed E-state index contributed by atoms with van der Waals surface area (Å²) in [6, 6.07) is 3.11. The van der Waals surface area contributed by atoms with Crippen LogP contribution in [0.25, 0.3) is 0 Å². The Hall–Kier alpha value is 1.10. The van der Waals surface area contributed by atoms with Crippen LogP contribution < -0.4 is 69.1 Å². The number of carbonyl (C=O) groups excluding carboxylic acids is 1. The maximum Gasteiger partial charge on any atom is 1.00 e. The number of carboxylic acid groups (broad SMARTS) is 1. The van der Waals surface area contributed by atoms with Crippen molar-refractivity contribution < 1.29 is 83.2 Å². The molecule has 1 N–H and O–H groups in total. The summed E-state index contributed by atoms with van der Waals surface area (Å²) in [5.41, 5.74) is -1.40. The van der Waals surface area contributed by atoms with E-state index in [2.05, 4.69) is 0 Å². The van der Waals surface area contributed by atoms with Gasteiger partial charge in [0, 0.05) is 12.1 Å². The molecular weight excluding hydrogens is 241 g/mol. The van der Waals surface area contributed by atoms with Gasteiger partial charge in [-0.25, -0.2) is 0 Å². The van der Waals surface area contributed by atoms with Crippen molar-refractivity contribution in [3.8, 4) is 0 Å². The Bertz CT molecular complexity index is 277. The normalized spacial score (nSPS) is 13.2. The van der Waals surface area contributed by atoms with Crippen molar-refractivity contribution in [3.63, 3.8) is 0 Å². The monoisotopic (exact) mass is 248 g/mol. The van der Waals surface area contributed by atoms with Crippen LogP contribution in [0, 0.1) is 0 Å². The molecule has 0 fully saturated rings. The third-order valence-electron chi connectivity index (χ3n) is 1.51. The second-order valence-electron chi connectivity index (χ2n) is 2.42. The summed E-state index contributed by atoms with van der Waals surface area (Å²) in [7, 11) is -2.78. The molecule has 8 heteroatoms. The topological polar surface area (TPSA) is 96.6 Å². The molecule has 2 atom stereocenters. The van der Waals surface area contributed by atoms with Crippen LogP contribution in [0.4, 0.5) is 0 Å². The van der Waals surface area contributed by atoms with Gasteiger partial charge < -0.3 is 24.1 Å². The zero-order valence-corrected chi connectivity index (χ0v) is 13.4. The SMILES string of the molecule is O=C([O-])C(Cc1ccco1)P([O-])O.[Na+].[Na+]. The van der Waals surface area contributed by atoms with Crippen molar-refractivity contribution in [3.05, 3.63) is 24.2 Å². The molecule has 1 aromatic heterocycles. The smallest absolute Gasteiger partial charge is 0.808 e. The molecule has 1 aromatic rings. The second-order valence-corrected chi connectivity index (χ2v) is 3.65. The fourth-order valence-corrected chi connectivity index (χ4v) is 1.39. The molecule has 0 aromatic carbocycles. The van der Waals surface area contributed by atoms with Crippen LogP contribution in [0.5, 0.6) is 0 Å². The Morgan fingerprint density at radius 1 is 1.60 bits per heavy atom. The molecule has 0 saturated heterocycles. The van der Waals surface area contributed by atoms with Crippen LogP contribution in [0.2, 0.25) is 0 Å². The standard InChI is InChI=1S/C7H8O5P.2Na/c8-7(9)6(13(10)11)4-5-2-1-3-12-5;;/h1-3,6,10H,4H2,(H,8,9);;/q-1;2*+1/p-1. The number of carbonyl (C=O) groups is 1. The van der Waals surface area contributed by atoms with E-state index in [0.717, 1.165) is 0 Å². The van der Waals surface area contributed by atoms with Crippen molar-refractivity contribution in [1.29, 1.82) is 0 Å². The van der Waals surface area contributed by atoms with E-state index in [9.17, 15) is 14.8 Å². The molecular formula is C7H7Na2O5P. The van der Waals surface area contributed by atoms with E-state index in [0.29, 0.717) is 5.76 Å². The van der Waals surface area contributed by atoms with Crippen molar-refractivity contribution in [2.24, 2.45) is 0 Å². The molecule has 2 unspecified atom stereocenters. The van der Waals surface area contributed by atoms with Crippen molar-refractivity contribution >= 4 is 14.3 Å². The molecule has 0 aliphatic rings. The van der Waals surface area contributed by atoms with Crippen LogP contribution in [-0.4, -0.2) is 16.5 Å². The van der Waals surface area contributed by atoms with Crippen molar-refractivity contribution in [2.45, 2.75) is 12.1 Å². The van der Waals surface area contributed by atoms with Gasteiger partial charge in [0.25, 0.3) is 0 Å². The van der Waals surface area contributed by atoms with Gasteiger partial charge in [-0.3, -0.25) is 0 Å². The quantitative estimate of drug-likeness (QED) is 0.422. The Labute approximate surface area is 132 Å². The van der Waals surface area contributed by atoms with Gasteiger partial charge in [-0.2, -0.15) is 0 Å². The third-order valence-corrected chi connectivity index (χ3v) is 2.44. The van der Waals surface area contributed by atoms with Crippen LogP contribution in [0.15, 0.2) is 22.8 Å². The predicted octanol–water partition coefficient (Wildman–Crippen LogP) is -7.39. The molecule has 0 spiro atoms. The van der Waals surface area contributed by atoms with E-state index in [1.807, 2.05) is 0 Å². The maximum atomic E-state index is 10.6. The van der Waals surface area contributed by atoms with Gasteiger partial charge in [0.15, 0.2) is 0 Å². The number of hydrogen-bond acceptors (Lipinski definition) is 5. The molecule has 0 bridgehead atoms. The first-order valence-corrected chi connectivity index (χ1v) is 4.78. The zero-order chi connectivity index (χ0) is 9.84. The number of carboxylic acids is 1. The van der Waals surface area contributed by atoms with E-state index < -0.39 is 20.0 Å². The third kappa shape index (κ3) is 6.41. The summed E-state index contributed by atoms with van der Waals surface area (Å²) in [6.45, 7) is 0. The minimum atomic E-state index is -2.78. The predicted molar refractivity (Wildman–Crippen MR) is 40.3 cm³/mol. The molecule has 15 heavy (non-hydrogen) atoms. The van der Waals surface area contributed by atoms with Gasteiger partial charge in [0.05, 0.1) is 12.2 Å². The minimum Gasteiger partial charge on any atom is -0.808 e. The van der Waals surface area contributed by atoms with Gasteiger partial charge in [-0.05, 0) is 12.1 Å². The van der Waals surface area contributed by atoms with Gasteiger partial charge in [-0.1, -0.05) is 8.38 Å². The largest absolute Gasteiger partial charge is 1.00 e. The maximum absolute atomic E-state index is 10.6. The molecule has 5 nitrogen and oxygen atoms in total. The number of hydrogen-bond donors (Lipinski definition) is 1.